The highest BCUT2D eigenvalue weighted by Gasteiger charge is 2.16. The van der Waals surface area contributed by atoms with Gasteiger partial charge in [-0.3, -0.25) is 0 Å². The van der Waals surface area contributed by atoms with E-state index >= 15 is 0 Å². The summed E-state index contributed by atoms with van der Waals surface area (Å²) in [5, 5.41) is 3.32. The van der Waals surface area contributed by atoms with Gasteiger partial charge in [-0.05, 0) is 46.6 Å². The molecule has 0 bridgehead atoms. The Labute approximate surface area is 83.1 Å². The topological polar surface area (TPSA) is 21.3 Å². The Hall–Kier alpha value is -0.0800. The third kappa shape index (κ3) is 6.05. The molecule has 2 heteroatoms. The Bertz CT molecular complexity index is 119. The molecule has 0 saturated heterocycles. The quantitative estimate of drug-likeness (QED) is 0.661. The zero-order chi connectivity index (χ0) is 10.3. The minimum absolute atomic E-state index is 0.0477. The van der Waals surface area contributed by atoms with Crippen molar-refractivity contribution < 1.29 is 4.74 Å². The number of rotatable bonds is 7. The number of hydrogen-bond acceptors (Lipinski definition) is 2. The second kappa shape index (κ2) is 6.39. The predicted molar refractivity (Wildman–Crippen MR) is 58.1 cm³/mol. The normalized spacial score (nSPS) is 14.5. The SMILES string of the molecule is CCC(CCCC(C)(C)OC)NC. The van der Waals surface area contributed by atoms with Gasteiger partial charge in [0.25, 0.3) is 0 Å². The lowest BCUT2D eigenvalue weighted by atomic mass is 9.98. The van der Waals surface area contributed by atoms with Gasteiger partial charge in [-0.1, -0.05) is 6.92 Å². The zero-order valence-electron chi connectivity index (χ0n) is 9.81. The van der Waals surface area contributed by atoms with E-state index in [9.17, 15) is 0 Å². The van der Waals surface area contributed by atoms with Gasteiger partial charge in [-0.25, -0.2) is 0 Å². The van der Waals surface area contributed by atoms with Gasteiger partial charge >= 0.3 is 0 Å². The fourth-order valence-corrected chi connectivity index (χ4v) is 1.43. The van der Waals surface area contributed by atoms with Crippen molar-refractivity contribution in [1.29, 1.82) is 0 Å². The van der Waals surface area contributed by atoms with Crippen LogP contribution in [0, 0.1) is 0 Å². The minimum atomic E-state index is 0.0477. The van der Waals surface area contributed by atoms with Crippen LogP contribution in [0.4, 0.5) is 0 Å². The highest BCUT2D eigenvalue weighted by atomic mass is 16.5. The molecule has 1 unspecified atom stereocenters. The lowest BCUT2D eigenvalue weighted by Crippen LogP contribution is -2.26. The van der Waals surface area contributed by atoms with Crippen molar-refractivity contribution in [2.45, 2.75) is 58.1 Å². The van der Waals surface area contributed by atoms with Gasteiger partial charge in [-0.15, -0.1) is 0 Å². The molecule has 0 heterocycles. The number of hydrogen-bond donors (Lipinski definition) is 1. The smallest absolute Gasteiger partial charge is 0.0622 e. The molecule has 0 rings (SSSR count). The summed E-state index contributed by atoms with van der Waals surface area (Å²) >= 11 is 0. The number of methoxy groups -OCH3 is 1. The molecule has 13 heavy (non-hydrogen) atoms. The summed E-state index contributed by atoms with van der Waals surface area (Å²) in [6, 6.07) is 0.674. The Morgan fingerprint density at radius 2 is 2.00 bits per heavy atom. The van der Waals surface area contributed by atoms with Crippen LogP contribution in [0.5, 0.6) is 0 Å². The van der Waals surface area contributed by atoms with E-state index in [-0.39, 0.29) is 5.60 Å². The fraction of sp³-hybridized carbons (Fsp3) is 1.00. The van der Waals surface area contributed by atoms with Gasteiger partial charge in [0.05, 0.1) is 5.60 Å². The van der Waals surface area contributed by atoms with Crippen molar-refractivity contribution in [3.63, 3.8) is 0 Å². The highest BCUT2D eigenvalue weighted by molar-refractivity contribution is 4.70. The summed E-state index contributed by atoms with van der Waals surface area (Å²) in [4.78, 5) is 0. The van der Waals surface area contributed by atoms with Crippen LogP contribution in [0.25, 0.3) is 0 Å². The fourth-order valence-electron chi connectivity index (χ4n) is 1.43. The van der Waals surface area contributed by atoms with E-state index in [2.05, 4.69) is 26.1 Å². The molecule has 0 aromatic rings. The van der Waals surface area contributed by atoms with Crippen molar-refractivity contribution >= 4 is 0 Å². The predicted octanol–water partition coefficient (Wildman–Crippen LogP) is 2.58. The molecule has 0 fully saturated rings. The molecule has 0 radical (unpaired) electrons. The molecular weight excluding hydrogens is 162 g/mol. The average molecular weight is 187 g/mol. The van der Waals surface area contributed by atoms with E-state index < -0.39 is 0 Å². The van der Waals surface area contributed by atoms with Crippen LogP contribution in [0.3, 0.4) is 0 Å². The van der Waals surface area contributed by atoms with Crippen molar-refractivity contribution in [3.8, 4) is 0 Å². The molecule has 2 nitrogen and oxygen atoms in total. The third-order valence-corrected chi connectivity index (χ3v) is 2.79. The van der Waals surface area contributed by atoms with Crippen LogP contribution in [-0.2, 0) is 4.74 Å². The summed E-state index contributed by atoms with van der Waals surface area (Å²) in [5.74, 6) is 0. The Kier molecular flexibility index (Phi) is 6.35. The lowest BCUT2D eigenvalue weighted by molar-refractivity contribution is 0.0130. The molecular formula is C11H25NO. The lowest BCUT2D eigenvalue weighted by Gasteiger charge is -2.23. The summed E-state index contributed by atoms with van der Waals surface area (Å²) < 4.78 is 5.37. The van der Waals surface area contributed by atoms with Gasteiger partial charge in [0, 0.05) is 13.2 Å². The molecule has 80 valence electrons. The number of nitrogens with one attached hydrogen (secondary N) is 1. The van der Waals surface area contributed by atoms with Gasteiger partial charge < -0.3 is 10.1 Å². The maximum Gasteiger partial charge on any atom is 0.0622 e. The molecule has 0 saturated carbocycles. The summed E-state index contributed by atoms with van der Waals surface area (Å²) in [6.07, 6.45) is 4.84. The molecule has 1 atom stereocenters. The zero-order valence-corrected chi connectivity index (χ0v) is 9.81. The van der Waals surface area contributed by atoms with Crippen LogP contribution >= 0.6 is 0 Å². The van der Waals surface area contributed by atoms with E-state index in [1.807, 2.05) is 7.05 Å². The van der Waals surface area contributed by atoms with Crippen molar-refractivity contribution in [3.05, 3.63) is 0 Å². The van der Waals surface area contributed by atoms with Gasteiger partial charge in [0.15, 0.2) is 0 Å². The summed E-state index contributed by atoms with van der Waals surface area (Å²) in [5.41, 5.74) is 0.0477. The van der Waals surface area contributed by atoms with Crippen LogP contribution in [0.2, 0.25) is 0 Å². The maximum absolute atomic E-state index is 5.37. The van der Waals surface area contributed by atoms with Crippen molar-refractivity contribution in [1.82, 2.24) is 5.32 Å². The van der Waals surface area contributed by atoms with E-state index in [0.717, 1.165) is 6.42 Å². The monoisotopic (exact) mass is 187 g/mol. The Morgan fingerprint density at radius 1 is 1.38 bits per heavy atom. The molecule has 0 amide bonds. The van der Waals surface area contributed by atoms with Crippen LogP contribution in [-0.4, -0.2) is 25.8 Å². The van der Waals surface area contributed by atoms with Crippen LogP contribution in [0.15, 0.2) is 0 Å². The van der Waals surface area contributed by atoms with E-state index in [1.54, 1.807) is 7.11 Å². The summed E-state index contributed by atoms with van der Waals surface area (Å²) in [6.45, 7) is 6.52. The molecule has 0 aliphatic rings. The largest absolute Gasteiger partial charge is 0.379 e. The molecule has 0 aliphatic heterocycles. The minimum Gasteiger partial charge on any atom is -0.379 e. The van der Waals surface area contributed by atoms with Gasteiger partial charge in [0.2, 0.25) is 0 Å². The van der Waals surface area contributed by atoms with Gasteiger partial charge in [0.1, 0.15) is 0 Å². The van der Waals surface area contributed by atoms with Crippen molar-refractivity contribution in [2.75, 3.05) is 14.2 Å². The summed E-state index contributed by atoms with van der Waals surface area (Å²) in [7, 11) is 3.82. The van der Waals surface area contributed by atoms with Crippen molar-refractivity contribution in [2.24, 2.45) is 0 Å². The molecule has 0 aliphatic carbocycles. The number of ether oxygens (including phenoxy) is 1. The first-order valence-electron chi connectivity index (χ1n) is 5.28. The first kappa shape index (κ1) is 12.9. The van der Waals surface area contributed by atoms with Crippen LogP contribution < -0.4 is 5.32 Å². The molecule has 0 aromatic carbocycles. The van der Waals surface area contributed by atoms with Gasteiger partial charge in [-0.2, -0.15) is 0 Å². The molecule has 0 aromatic heterocycles. The molecule has 0 spiro atoms. The second-order valence-corrected chi connectivity index (χ2v) is 4.25. The Morgan fingerprint density at radius 3 is 2.38 bits per heavy atom. The van der Waals surface area contributed by atoms with E-state index in [4.69, 9.17) is 4.74 Å². The van der Waals surface area contributed by atoms with E-state index in [1.165, 1.54) is 19.3 Å². The van der Waals surface area contributed by atoms with Crippen LogP contribution in [0.1, 0.15) is 46.5 Å². The average Bonchev–Trinajstić information content (AvgIpc) is 2.12. The standard InChI is InChI=1S/C11H25NO/c1-6-10(12-4)8-7-9-11(2,3)13-5/h10,12H,6-9H2,1-5H3. The molecule has 1 N–H and O–H groups in total. The Balaban J connectivity index is 3.54. The second-order valence-electron chi connectivity index (χ2n) is 4.25. The van der Waals surface area contributed by atoms with E-state index in [0.29, 0.717) is 6.04 Å². The first-order valence-corrected chi connectivity index (χ1v) is 5.28. The third-order valence-electron chi connectivity index (χ3n) is 2.79. The maximum atomic E-state index is 5.37. The highest BCUT2D eigenvalue weighted by Crippen LogP contribution is 2.17. The first-order chi connectivity index (χ1) is 6.05.